The fourth-order valence-corrected chi connectivity index (χ4v) is 2.48. The van der Waals surface area contributed by atoms with E-state index in [0.29, 0.717) is 11.5 Å². The molecule has 1 aliphatic rings. The van der Waals surface area contributed by atoms with E-state index < -0.39 is 14.6 Å². The molecule has 0 spiro atoms. The van der Waals surface area contributed by atoms with Crippen molar-refractivity contribution >= 4 is 14.6 Å². The van der Waals surface area contributed by atoms with E-state index in [9.17, 15) is 0 Å². The largest absolute Gasteiger partial charge is 0.707 e. The predicted molar refractivity (Wildman–Crippen MR) is 101 cm³/mol. The van der Waals surface area contributed by atoms with Gasteiger partial charge in [-0.1, -0.05) is 36.4 Å². The van der Waals surface area contributed by atoms with E-state index in [4.69, 9.17) is 29.5 Å². The molecule has 0 atom stereocenters. The van der Waals surface area contributed by atoms with Crippen LogP contribution in [0.2, 0.25) is 0 Å². The van der Waals surface area contributed by atoms with Crippen molar-refractivity contribution in [1.29, 1.82) is 0 Å². The standard InChI is InChI=1S/C11H16BNO4.C6H7BO3/c14-12(15)17-11-4-2-1-3-10(11)9-13-5-7-16-8-6-13;8-7(9)10-6-4-2-1-3-5-6/h1-4,14-15H,5-9H2;1-5,8-9H. The summed E-state index contributed by atoms with van der Waals surface area (Å²) in [6.45, 7) is 3.98. The van der Waals surface area contributed by atoms with Crippen LogP contribution in [0.25, 0.3) is 0 Å². The van der Waals surface area contributed by atoms with Gasteiger partial charge in [0.15, 0.2) is 0 Å². The third kappa shape index (κ3) is 8.44. The number of nitrogens with zero attached hydrogens (tertiary/aromatic N) is 1. The first kappa shape index (κ1) is 21.2. The Labute approximate surface area is 158 Å². The second-order valence-corrected chi connectivity index (χ2v) is 5.70. The van der Waals surface area contributed by atoms with Crippen LogP contribution in [0, 0.1) is 0 Å². The van der Waals surface area contributed by atoms with E-state index in [1.165, 1.54) is 0 Å². The molecule has 0 radical (unpaired) electrons. The van der Waals surface area contributed by atoms with E-state index in [-0.39, 0.29) is 0 Å². The number of hydrogen-bond acceptors (Lipinski definition) is 8. The van der Waals surface area contributed by atoms with Gasteiger partial charge in [-0.3, -0.25) is 4.90 Å². The second kappa shape index (κ2) is 11.6. The molecule has 144 valence electrons. The van der Waals surface area contributed by atoms with Gasteiger partial charge in [0.1, 0.15) is 11.5 Å². The van der Waals surface area contributed by atoms with Gasteiger partial charge in [-0.05, 0) is 18.2 Å². The molecule has 2 aromatic carbocycles. The van der Waals surface area contributed by atoms with E-state index in [1.807, 2.05) is 18.2 Å². The number of ether oxygens (including phenoxy) is 1. The molecule has 1 heterocycles. The topological polar surface area (TPSA) is 112 Å². The number of morpholine rings is 1. The van der Waals surface area contributed by atoms with Crippen molar-refractivity contribution in [3.63, 3.8) is 0 Å². The first-order valence-corrected chi connectivity index (χ1v) is 8.53. The Morgan fingerprint density at radius 1 is 0.815 bits per heavy atom. The van der Waals surface area contributed by atoms with Crippen molar-refractivity contribution < 1.29 is 34.1 Å². The molecule has 27 heavy (non-hydrogen) atoms. The number of para-hydroxylation sites is 2. The van der Waals surface area contributed by atoms with Gasteiger partial charge in [0.2, 0.25) is 0 Å². The van der Waals surface area contributed by atoms with Crippen molar-refractivity contribution in [2.75, 3.05) is 26.3 Å². The van der Waals surface area contributed by atoms with Crippen LogP contribution in [0.5, 0.6) is 11.5 Å². The molecule has 4 N–H and O–H groups in total. The maximum absolute atomic E-state index is 8.84. The Hall–Kier alpha value is -2.07. The summed E-state index contributed by atoms with van der Waals surface area (Å²) < 4.78 is 14.7. The highest BCUT2D eigenvalue weighted by molar-refractivity contribution is 6.34. The number of benzene rings is 2. The van der Waals surface area contributed by atoms with Crippen LogP contribution < -0.4 is 9.31 Å². The summed E-state index contributed by atoms with van der Waals surface area (Å²) in [5.74, 6) is 0.950. The minimum Gasteiger partial charge on any atom is -0.512 e. The molecular weight excluding hydrogens is 352 g/mol. The Morgan fingerprint density at radius 2 is 1.41 bits per heavy atom. The maximum Gasteiger partial charge on any atom is 0.707 e. The molecule has 10 heteroatoms. The highest BCUT2D eigenvalue weighted by Gasteiger charge is 2.17. The van der Waals surface area contributed by atoms with Crippen LogP contribution in [0.1, 0.15) is 5.56 Å². The lowest BCUT2D eigenvalue weighted by atomic mass is 10.1. The number of rotatable bonds is 6. The Bertz CT molecular complexity index is 655. The molecule has 0 bridgehead atoms. The van der Waals surface area contributed by atoms with Gasteiger partial charge in [0, 0.05) is 25.2 Å². The SMILES string of the molecule is OB(O)Oc1ccccc1.OB(O)Oc1ccccc1CN1CCOCC1. The minimum absolute atomic E-state index is 0.442. The minimum atomic E-state index is -1.78. The van der Waals surface area contributed by atoms with Gasteiger partial charge in [-0.15, -0.1) is 0 Å². The van der Waals surface area contributed by atoms with Crippen molar-refractivity contribution in [3.8, 4) is 11.5 Å². The third-order valence-electron chi connectivity index (χ3n) is 3.69. The van der Waals surface area contributed by atoms with Crippen LogP contribution in [0.15, 0.2) is 54.6 Å². The van der Waals surface area contributed by atoms with Gasteiger partial charge in [0.05, 0.1) is 13.2 Å². The Morgan fingerprint density at radius 3 is 2.04 bits per heavy atom. The molecule has 1 fully saturated rings. The summed E-state index contributed by atoms with van der Waals surface area (Å²) >= 11 is 0. The van der Waals surface area contributed by atoms with Gasteiger partial charge in [-0.25, -0.2) is 0 Å². The first-order chi connectivity index (χ1) is 13.0. The second-order valence-electron chi connectivity index (χ2n) is 5.70. The zero-order valence-corrected chi connectivity index (χ0v) is 14.8. The molecule has 0 aromatic heterocycles. The molecule has 1 aliphatic heterocycles. The van der Waals surface area contributed by atoms with Gasteiger partial charge in [-0.2, -0.15) is 0 Å². The lowest BCUT2D eigenvalue weighted by Crippen LogP contribution is -2.35. The zero-order chi connectivity index (χ0) is 19.5. The fourth-order valence-electron chi connectivity index (χ4n) is 2.48. The lowest BCUT2D eigenvalue weighted by Gasteiger charge is -2.27. The molecule has 1 saturated heterocycles. The monoisotopic (exact) mass is 375 g/mol. The third-order valence-corrected chi connectivity index (χ3v) is 3.69. The van der Waals surface area contributed by atoms with E-state index in [0.717, 1.165) is 38.4 Å². The van der Waals surface area contributed by atoms with Crippen molar-refractivity contribution in [2.24, 2.45) is 0 Å². The average molecular weight is 375 g/mol. The van der Waals surface area contributed by atoms with Crippen LogP contribution in [0.3, 0.4) is 0 Å². The summed E-state index contributed by atoms with van der Waals surface area (Å²) in [7, 11) is -3.51. The van der Waals surface area contributed by atoms with Gasteiger partial charge < -0.3 is 34.1 Å². The van der Waals surface area contributed by atoms with E-state index in [2.05, 4.69) is 9.55 Å². The summed E-state index contributed by atoms with van der Waals surface area (Å²) in [4.78, 5) is 2.25. The maximum atomic E-state index is 8.84. The normalized spacial score (nSPS) is 13.9. The zero-order valence-electron chi connectivity index (χ0n) is 14.8. The molecule has 0 amide bonds. The smallest absolute Gasteiger partial charge is 0.512 e. The highest BCUT2D eigenvalue weighted by atomic mass is 16.6. The lowest BCUT2D eigenvalue weighted by molar-refractivity contribution is 0.0339. The number of hydrogen-bond donors (Lipinski definition) is 4. The van der Waals surface area contributed by atoms with Gasteiger partial charge >= 0.3 is 14.6 Å². The molecule has 0 aliphatic carbocycles. The molecule has 0 saturated carbocycles. The molecular formula is C17H23B2NO7. The quantitative estimate of drug-likeness (QED) is 0.519. The summed E-state index contributed by atoms with van der Waals surface area (Å²) in [5.41, 5.74) is 0.947. The fraction of sp³-hybridized carbons (Fsp3) is 0.294. The molecule has 8 nitrogen and oxygen atoms in total. The van der Waals surface area contributed by atoms with Gasteiger partial charge in [0.25, 0.3) is 0 Å². The van der Waals surface area contributed by atoms with Crippen LogP contribution in [-0.4, -0.2) is 65.9 Å². The van der Waals surface area contributed by atoms with Crippen molar-refractivity contribution in [2.45, 2.75) is 6.54 Å². The first-order valence-electron chi connectivity index (χ1n) is 8.53. The van der Waals surface area contributed by atoms with E-state index in [1.54, 1.807) is 36.4 Å². The van der Waals surface area contributed by atoms with Crippen molar-refractivity contribution in [3.05, 3.63) is 60.2 Å². The summed E-state index contributed by atoms with van der Waals surface area (Å²) in [6, 6.07) is 16.0. The van der Waals surface area contributed by atoms with E-state index >= 15 is 0 Å². The highest BCUT2D eigenvalue weighted by Crippen LogP contribution is 2.20. The van der Waals surface area contributed by atoms with Crippen LogP contribution in [0.4, 0.5) is 0 Å². The van der Waals surface area contributed by atoms with Crippen molar-refractivity contribution in [1.82, 2.24) is 4.90 Å². The molecule has 0 unspecified atom stereocenters. The summed E-state index contributed by atoms with van der Waals surface area (Å²) in [6.07, 6.45) is 0. The van der Waals surface area contributed by atoms with Crippen LogP contribution in [-0.2, 0) is 11.3 Å². The summed E-state index contributed by atoms with van der Waals surface area (Å²) in [5, 5.41) is 34.3. The van der Waals surface area contributed by atoms with Crippen LogP contribution >= 0.6 is 0 Å². The average Bonchev–Trinajstić information content (AvgIpc) is 2.65. The predicted octanol–water partition coefficient (Wildman–Crippen LogP) is -0.0980. The Kier molecular flexibility index (Phi) is 9.12. The molecule has 2 aromatic rings. The molecule has 3 rings (SSSR count). The Balaban J connectivity index is 0.000000223.